The van der Waals surface area contributed by atoms with Crippen molar-refractivity contribution in [2.75, 3.05) is 10.6 Å². The number of amides is 1. The van der Waals surface area contributed by atoms with Crippen molar-refractivity contribution in [2.45, 2.75) is 0 Å². The van der Waals surface area contributed by atoms with Gasteiger partial charge in [-0.25, -0.2) is 0 Å². The molecular formula is C17H11ClN4O. The summed E-state index contributed by atoms with van der Waals surface area (Å²) in [5.74, 6) is -0.616. The number of benzene rings is 2. The molecule has 112 valence electrons. The van der Waals surface area contributed by atoms with Gasteiger partial charge in [0.1, 0.15) is 17.7 Å². The zero-order valence-electron chi connectivity index (χ0n) is 11.9. The molecule has 0 saturated heterocycles. The van der Waals surface area contributed by atoms with Crippen LogP contribution in [0.15, 0.2) is 60.3 Å². The second kappa shape index (κ2) is 7.65. The Morgan fingerprint density at radius 2 is 1.70 bits per heavy atom. The summed E-state index contributed by atoms with van der Waals surface area (Å²) in [5, 5.41) is 24.0. The fourth-order valence-electron chi connectivity index (χ4n) is 1.76. The van der Waals surface area contributed by atoms with E-state index in [0.717, 1.165) is 0 Å². The summed E-state index contributed by atoms with van der Waals surface area (Å²) in [7, 11) is 0. The number of nitrogens with zero attached hydrogens (tertiary/aromatic N) is 2. The minimum absolute atomic E-state index is 0.141. The fraction of sp³-hybridized carbons (Fsp3) is 0. The van der Waals surface area contributed by atoms with Crippen molar-refractivity contribution < 1.29 is 4.79 Å². The van der Waals surface area contributed by atoms with E-state index in [0.29, 0.717) is 22.0 Å². The van der Waals surface area contributed by atoms with E-state index in [1.165, 1.54) is 6.20 Å². The van der Waals surface area contributed by atoms with Gasteiger partial charge in [-0.05, 0) is 24.3 Å². The Bertz CT molecular complexity index is 846. The third-order valence-electron chi connectivity index (χ3n) is 2.91. The highest BCUT2D eigenvalue weighted by molar-refractivity contribution is 6.33. The molecule has 0 bridgehead atoms. The maximum atomic E-state index is 12.1. The summed E-state index contributed by atoms with van der Waals surface area (Å²) >= 11 is 5.99. The van der Waals surface area contributed by atoms with E-state index in [2.05, 4.69) is 10.6 Å². The van der Waals surface area contributed by atoms with E-state index in [1.807, 2.05) is 12.1 Å². The lowest BCUT2D eigenvalue weighted by atomic mass is 10.2. The first-order valence-electron chi connectivity index (χ1n) is 6.57. The molecule has 2 rings (SSSR count). The molecule has 0 heterocycles. The van der Waals surface area contributed by atoms with Crippen LogP contribution in [0.25, 0.3) is 0 Å². The highest BCUT2D eigenvalue weighted by Gasteiger charge is 2.11. The molecule has 0 saturated carbocycles. The number of nitriles is 2. The largest absolute Gasteiger partial charge is 0.359 e. The smallest absolute Gasteiger partial charge is 0.267 e. The molecule has 2 aromatic rings. The van der Waals surface area contributed by atoms with Gasteiger partial charge in [0.25, 0.3) is 5.91 Å². The van der Waals surface area contributed by atoms with Gasteiger partial charge in [-0.15, -0.1) is 0 Å². The van der Waals surface area contributed by atoms with Crippen LogP contribution in [-0.4, -0.2) is 5.91 Å². The number of carbonyl (C=O) groups excluding carboxylic acids is 1. The first kappa shape index (κ1) is 16.1. The molecule has 2 N–H and O–H groups in total. The van der Waals surface area contributed by atoms with Crippen molar-refractivity contribution >= 4 is 28.9 Å². The van der Waals surface area contributed by atoms with Crippen molar-refractivity contribution in [3.05, 3.63) is 70.9 Å². The number of nitrogens with one attached hydrogen (secondary N) is 2. The van der Waals surface area contributed by atoms with E-state index >= 15 is 0 Å². The van der Waals surface area contributed by atoms with E-state index < -0.39 is 5.91 Å². The number of para-hydroxylation sites is 2. The summed E-state index contributed by atoms with van der Waals surface area (Å²) < 4.78 is 0. The quantitative estimate of drug-likeness (QED) is 0.664. The number of hydrogen-bond donors (Lipinski definition) is 2. The molecule has 0 radical (unpaired) electrons. The topological polar surface area (TPSA) is 88.7 Å². The molecule has 5 nitrogen and oxygen atoms in total. The molecule has 0 aliphatic rings. The summed E-state index contributed by atoms with van der Waals surface area (Å²) in [5.41, 5.74) is 1.10. The van der Waals surface area contributed by atoms with Crippen molar-refractivity contribution in [1.82, 2.24) is 0 Å². The molecule has 0 spiro atoms. The highest BCUT2D eigenvalue weighted by Crippen LogP contribution is 2.21. The van der Waals surface area contributed by atoms with E-state index in [1.54, 1.807) is 48.5 Å². The molecular weight excluding hydrogens is 312 g/mol. The number of anilines is 2. The van der Waals surface area contributed by atoms with E-state index in [9.17, 15) is 4.79 Å². The molecule has 0 unspecified atom stereocenters. The van der Waals surface area contributed by atoms with Crippen LogP contribution in [0.3, 0.4) is 0 Å². The van der Waals surface area contributed by atoms with Crippen LogP contribution in [0.4, 0.5) is 11.4 Å². The molecule has 0 aliphatic heterocycles. The maximum Gasteiger partial charge on any atom is 0.267 e. The fourth-order valence-corrected chi connectivity index (χ4v) is 1.95. The lowest BCUT2D eigenvalue weighted by molar-refractivity contribution is -0.112. The zero-order chi connectivity index (χ0) is 16.7. The van der Waals surface area contributed by atoms with Crippen LogP contribution in [-0.2, 0) is 4.79 Å². The maximum absolute atomic E-state index is 12.1. The van der Waals surface area contributed by atoms with Crippen LogP contribution < -0.4 is 10.6 Å². The van der Waals surface area contributed by atoms with Gasteiger partial charge in [-0.2, -0.15) is 10.5 Å². The molecule has 2 aromatic carbocycles. The Kier molecular flexibility index (Phi) is 5.35. The van der Waals surface area contributed by atoms with Crippen LogP contribution in [0.2, 0.25) is 5.02 Å². The van der Waals surface area contributed by atoms with Crippen molar-refractivity contribution in [1.29, 1.82) is 10.5 Å². The van der Waals surface area contributed by atoms with Gasteiger partial charge < -0.3 is 10.6 Å². The molecule has 23 heavy (non-hydrogen) atoms. The first-order valence-corrected chi connectivity index (χ1v) is 6.95. The summed E-state index contributed by atoms with van der Waals surface area (Å²) in [6.07, 6.45) is 1.27. The molecule has 0 fully saturated rings. The van der Waals surface area contributed by atoms with Gasteiger partial charge in [0.2, 0.25) is 0 Å². The molecule has 6 heteroatoms. The van der Waals surface area contributed by atoms with Crippen molar-refractivity contribution in [2.24, 2.45) is 0 Å². The molecule has 0 atom stereocenters. The van der Waals surface area contributed by atoms with Gasteiger partial charge in [0, 0.05) is 6.20 Å². The van der Waals surface area contributed by atoms with Gasteiger partial charge >= 0.3 is 0 Å². The van der Waals surface area contributed by atoms with E-state index in [-0.39, 0.29) is 5.57 Å². The third kappa shape index (κ3) is 4.10. The third-order valence-corrected chi connectivity index (χ3v) is 3.24. The SMILES string of the molecule is N#C/C(=C/Nc1ccccc1Cl)C(=O)Nc1ccccc1C#N. The Morgan fingerprint density at radius 3 is 2.35 bits per heavy atom. The predicted octanol–water partition coefficient (Wildman–Crippen LogP) is 3.67. The number of carbonyl (C=O) groups is 1. The standard InChI is InChI=1S/C17H11ClN4O/c18-14-6-2-4-8-16(14)21-11-13(10-20)17(23)22-15-7-3-1-5-12(15)9-19/h1-8,11,21H,(H,22,23)/b13-11-. The summed E-state index contributed by atoms with van der Waals surface area (Å²) in [6, 6.07) is 17.3. The van der Waals surface area contributed by atoms with Crippen molar-refractivity contribution in [3.63, 3.8) is 0 Å². The second-order valence-electron chi connectivity index (χ2n) is 4.41. The van der Waals surface area contributed by atoms with Crippen LogP contribution in [0.5, 0.6) is 0 Å². The normalized spacial score (nSPS) is 10.3. The monoisotopic (exact) mass is 322 g/mol. The zero-order valence-corrected chi connectivity index (χ0v) is 12.6. The number of rotatable bonds is 4. The Labute approximate surface area is 138 Å². The second-order valence-corrected chi connectivity index (χ2v) is 4.81. The highest BCUT2D eigenvalue weighted by atomic mass is 35.5. The van der Waals surface area contributed by atoms with Gasteiger partial charge in [0.05, 0.1) is 22.0 Å². The summed E-state index contributed by atoms with van der Waals surface area (Å²) in [4.78, 5) is 12.1. The number of hydrogen-bond acceptors (Lipinski definition) is 4. The Morgan fingerprint density at radius 1 is 1.04 bits per heavy atom. The van der Waals surface area contributed by atoms with Crippen LogP contribution in [0.1, 0.15) is 5.56 Å². The lowest BCUT2D eigenvalue weighted by Gasteiger charge is -2.07. The van der Waals surface area contributed by atoms with Crippen LogP contribution in [0, 0.1) is 22.7 Å². The summed E-state index contributed by atoms with van der Waals surface area (Å²) in [6.45, 7) is 0. The first-order chi connectivity index (χ1) is 11.2. The average molecular weight is 323 g/mol. The van der Waals surface area contributed by atoms with Gasteiger partial charge in [-0.1, -0.05) is 35.9 Å². The minimum Gasteiger partial charge on any atom is -0.359 e. The van der Waals surface area contributed by atoms with Gasteiger partial charge in [-0.3, -0.25) is 4.79 Å². The van der Waals surface area contributed by atoms with Crippen LogP contribution >= 0.6 is 11.6 Å². The lowest BCUT2D eigenvalue weighted by Crippen LogP contribution is -2.15. The predicted molar refractivity (Wildman–Crippen MR) is 88.6 cm³/mol. The average Bonchev–Trinajstić information content (AvgIpc) is 2.57. The Hall–Kier alpha value is -3.28. The van der Waals surface area contributed by atoms with E-state index in [4.69, 9.17) is 22.1 Å². The van der Waals surface area contributed by atoms with Crippen molar-refractivity contribution in [3.8, 4) is 12.1 Å². The molecule has 1 amide bonds. The molecule has 0 aliphatic carbocycles. The van der Waals surface area contributed by atoms with Gasteiger partial charge in [0.15, 0.2) is 0 Å². The minimum atomic E-state index is -0.616. The Balaban J connectivity index is 2.16. The number of halogens is 1. The molecule has 0 aromatic heterocycles.